The van der Waals surface area contributed by atoms with E-state index in [1.807, 2.05) is 12.1 Å². The van der Waals surface area contributed by atoms with Crippen LogP contribution in [0.1, 0.15) is 6.92 Å². The van der Waals surface area contributed by atoms with Crippen molar-refractivity contribution in [2.24, 2.45) is 0 Å². The van der Waals surface area contributed by atoms with E-state index in [9.17, 15) is 9.90 Å². The molecule has 104 valence electrons. The Labute approximate surface area is 113 Å². The maximum atomic E-state index is 10.8. The summed E-state index contributed by atoms with van der Waals surface area (Å²) >= 11 is 0. The van der Waals surface area contributed by atoms with Gasteiger partial charge < -0.3 is 15.3 Å². The molecule has 2 N–H and O–H groups in total. The van der Waals surface area contributed by atoms with Crippen molar-refractivity contribution < 1.29 is 9.90 Å². The summed E-state index contributed by atoms with van der Waals surface area (Å²) in [6.07, 6.45) is 0. The summed E-state index contributed by atoms with van der Waals surface area (Å²) in [6.45, 7) is 7.12. The fraction of sp³-hybridized carbons (Fsp3) is 0.500. The van der Waals surface area contributed by atoms with Crippen molar-refractivity contribution in [2.75, 3.05) is 44.2 Å². The molecular weight excluding hydrogens is 242 g/mol. The van der Waals surface area contributed by atoms with Crippen LogP contribution in [-0.4, -0.2) is 55.2 Å². The Morgan fingerprint density at radius 3 is 2.42 bits per heavy atom. The van der Waals surface area contributed by atoms with Crippen molar-refractivity contribution in [1.82, 2.24) is 10.2 Å². The minimum atomic E-state index is 0.0303. The van der Waals surface area contributed by atoms with Gasteiger partial charge >= 0.3 is 0 Å². The molecule has 2 rings (SSSR count). The van der Waals surface area contributed by atoms with E-state index in [2.05, 4.69) is 15.1 Å². The number of anilines is 1. The summed E-state index contributed by atoms with van der Waals surface area (Å²) in [5.74, 6) is 0.334. The highest BCUT2D eigenvalue weighted by Crippen LogP contribution is 2.19. The van der Waals surface area contributed by atoms with E-state index in [1.54, 1.807) is 19.1 Å². The van der Waals surface area contributed by atoms with Crippen molar-refractivity contribution in [2.45, 2.75) is 6.92 Å². The molecule has 0 aromatic heterocycles. The minimum absolute atomic E-state index is 0.0303. The maximum absolute atomic E-state index is 10.8. The topological polar surface area (TPSA) is 55.8 Å². The number of hydrogen-bond acceptors (Lipinski definition) is 4. The van der Waals surface area contributed by atoms with E-state index in [1.165, 1.54) is 0 Å². The molecule has 1 aromatic rings. The first kappa shape index (κ1) is 13.7. The quantitative estimate of drug-likeness (QED) is 0.837. The lowest BCUT2D eigenvalue weighted by Gasteiger charge is -2.36. The molecule has 1 amide bonds. The average Bonchev–Trinajstić information content (AvgIpc) is 2.40. The van der Waals surface area contributed by atoms with E-state index < -0.39 is 0 Å². The number of benzene rings is 1. The van der Waals surface area contributed by atoms with E-state index in [-0.39, 0.29) is 5.91 Å². The van der Waals surface area contributed by atoms with Gasteiger partial charge in [0.2, 0.25) is 5.91 Å². The second-order valence-corrected chi connectivity index (χ2v) is 4.83. The third kappa shape index (κ3) is 4.13. The van der Waals surface area contributed by atoms with Gasteiger partial charge in [-0.2, -0.15) is 0 Å². The predicted octanol–water partition coefficient (Wildman–Crippen LogP) is 0.650. The van der Waals surface area contributed by atoms with Gasteiger partial charge in [-0.25, -0.2) is 0 Å². The van der Waals surface area contributed by atoms with Crippen molar-refractivity contribution in [1.29, 1.82) is 0 Å². The van der Waals surface area contributed by atoms with Crippen LogP contribution in [0.5, 0.6) is 5.75 Å². The van der Waals surface area contributed by atoms with Crippen LogP contribution in [0.2, 0.25) is 0 Å². The Kier molecular flexibility index (Phi) is 4.63. The van der Waals surface area contributed by atoms with E-state index >= 15 is 0 Å². The number of amides is 1. The number of aromatic hydroxyl groups is 1. The molecule has 5 nitrogen and oxygen atoms in total. The van der Waals surface area contributed by atoms with Crippen LogP contribution < -0.4 is 10.2 Å². The molecule has 0 aliphatic carbocycles. The molecular formula is C14H21N3O2. The molecule has 0 bridgehead atoms. The number of carbonyl (C=O) groups excluding carboxylic acids is 1. The number of rotatable bonds is 4. The van der Waals surface area contributed by atoms with Gasteiger partial charge in [0.25, 0.3) is 0 Å². The van der Waals surface area contributed by atoms with Crippen LogP contribution in [-0.2, 0) is 4.79 Å². The largest absolute Gasteiger partial charge is 0.508 e. The summed E-state index contributed by atoms with van der Waals surface area (Å²) < 4.78 is 0. The van der Waals surface area contributed by atoms with Crippen LogP contribution in [0.15, 0.2) is 24.3 Å². The number of hydrogen-bond donors (Lipinski definition) is 2. The van der Waals surface area contributed by atoms with E-state index in [0.717, 1.165) is 38.4 Å². The van der Waals surface area contributed by atoms with Crippen molar-refractivity contribution in [3.63, 3.8) is 0 Å². The van der Waals surface area contributed by atoms with Gasteiger partial charge in [0.15, 0.2) is 0 Å². The first-order valence-corrected chi connectivity index (χ1v) is 6.66. The van der Waals surface area contributed by atoms with Gasteiger partial charge in [0.1, 0.15) is 5.75 Å². The number of nitrogens with one attached hydrogen (secondary N) is 1. The molecule has 1 heterocycles. The van der Waals surface area contributed by atoms with Crippen LogP contribution in [0.4, 0.5) is 5.69 Å². The Balaban J connectivity index is 1.76. The van der Waals surface area contributed by atoms with E-state index in [4.69, 9.17) is 0 Å². The van der Waals surface area contributed by atoms with Gasteiger partial charge in [-0.15, -0.1) is 0 Å². The second kappa shape index (κ2) is 6.43. The zero-order valence-electron chi connectivity index (χ0n) is 11.3. The van der Waals surface area contributed by atoms with Gasteiger partial charge in [-0.3, -0.25) is 9.69 Å². The zero-order valence-corrected chi connectivity index (χ0v) is 11.3. The molecule has 0 unspecified atom stereocenters. The highest BCUT2D eigenvalue weighted by Gasteiger charge is 2.16. The summed E-state index contributed by atoms with van der Waals surface area (Å²) in [7, 11) is 0. The van der Waals surface area contributed by atoms with Gasteiger partial charge in [0, 0.05) is 51.9 Å². The molecule has 1 aliphatic heterocycles. The molecule has 1 saturated heterocycles. The van der Waals surface area contributed by atoms with Crippen molar-refractivity contribution in [3.8, 4) is 5.75 Å². The molecule has 5 heteroatoms. The standard InChI is InChI=1S/C14H21N3O2/c1-12(18)15-6-7-16-8-10-17(11-9-16)13-2-4-14(19)5-3-13/h2-5,19H,6-11H2,1H3,(H,15,18). The Morgan fingerprint density at radius 1 is 1.21 bits per heavy atom. The van der Waals surface area contributed by atoms with Crippen LogP contribution >= 0.6 is 0 Å². The monoisotopic (exact) mass is 263 g/mol. The molecule has 0 radical (unpaired) electrons. The van der Waals surface area contributed by atoms with Gasteiger partial charge in [-0.1, -0.05) is 0 Å². The highest BCUT2D eigenvalue weighted by atomic mass is 16.3. The maximum Gasteiger partial charge on any atom is 0.216 e. The van der Waals surface area contributed by atoms with E-state index in [0.29, 0.717) is 12.3 Å². The SMILES string of the molecule is CC(=O)NCCN1CCN(c2ccc(O)cc2)CC1. The molecule has 0 atom stereocenters. The summed E-state index contributed by atoms with van der Waals surface area (Å²) in [5.41, 5.74) is 1.15. The second-order valence-electron chi connectivity index (χ2n) is 4.83. The normalized spacial score (nSPS) is 16.4. The molecule has 1 aliphatic rings. The highest BCUT2D eigenvalue weighted by molar-refractivity contribution is 5.72. The molecule has 19 heavy (non-hydrogen) atoms. The number of nitrogens with zero attached hydrogens (tertiary/aromatic N) is 2. The summed E-state index contributed by atoms with van der Waals surface area (Å²) in [4.78, 5) is 15.5. The fourth-order valence-electron chi connectivity index (χ4n) is 2.28. The first-order valence-electron chi connectivity index (χ1n) is 6.66. The molecule has 0 spiro atoms. The lowest BCUT2D eigenvalue weighted by molar-refractivity contribution is -0.119. The van der Waals surface area contributed by atoms with Crippen LogP contribution in [0, 0.1) is 0 Å². The molecule has 1 aromatic carbocycles. The third-order valence-corrected chi connectivity index (χ3v) is 3.39. The van der Waals surface area contributed by atoms with Crippen molar-refractivity contribution in [3.05, 3.63) is 24.3 Å². The number of piperazine rings is 1. The van der Waals surface area contributed by atoms with Gasteiger partial charge in [-0.05, 0) is 24.3 Å². The summed E-state index contributed by atoms with van der Waals surface area (Å²) in [5, 5.41) is 12.1. The average molecular weight is 263 g/mol. The van der Waals surface area contributed by atoms with Crippen LogP contribution in [0.3, 0.4) is 0 Å². The van der Waals surface area contributed by atoms with Crippen LogP contribution in [0.25, 0.3) is 0 Å². The molecule has 0 saturated carbocycles. The Bertz CT molecular complexity index is 411. The number of phenolic OH excluding ortho intramolecular Hbond substituents is 1. The predicted molar refractivity (Wildman–Crippen MR) is 75.4 cm³/mol. The van der Waals surface area contributed by atoms with Crippen molar-refractivity contribution >= 4 is 11.6 Å². The number of carbonyl (C=O) groups is 1. The Hall–Kier alpha value is -1.75. The van der Waals surface area contributed by atoms with Gasteiger partial charge in [0.05, 0.1) is 0 Å². The lowest BCUT2D eigenvalue weighted by atomic mass is 10.2. The summed E-state index contributed by atoms with van der Waals surface area (Å²) in [6, 6.07) is 7.33. The lowest BCUT2D eigenvalue weighted by Crippen LogP contribution is -2.48. The first-order chi connectivity index (χ1) is 9.15. The number of phenols is 1. The Morgan fingerprint density at radius 2 is 1.84 bits per heavy atom. The minimum Gasteiger partial charge on any atom is -0.508 e. The zero-order chi connectivity index (χ0) is 13.7. The fourth-order valence-corrected chi connectivity index (χ4v) is 2.28. The third-order valence-electron chi connectivity index (χ3n) is 3.39. The molecule has 1 fully saturated rings. The smallest absolute Gasteiger partial charge is 0.216 e.